The van der Waals surface area contributed by atoms with E-state index in [0.717, 1.165) is 36.3 Å². The summed E-state index contributed by atoms with van der Waals surface area (Å²) in [4.78, 5) is 30.0. The first-order chi connectivity index (χ1) is 15.9. The summed E-state index contributed by atoms with van der Waals surface area (Å²) in [6.45, 7) is 2.03. The van der Waals surface area contributed by atoms with Gasteiger partial charge in [-0.2, -0.15) is 5.10 Å². The van der Waals surface area contributed by atoms with E-state index < -0.39 is 5.54 Å². The third-order valence-electron chi connectivity index (χ3n) is 6.50. The zero-order valence-electron chi connectivity index (χ0n) is 18.5. The highest BCUT2D eigenvalue weighted by Gasteiger charge is 2.49. The van der Waals surface area contributed by atoms with Crippen LogP contribution in [0, 0.1) is 0 Å². The lowest BCUT2D eigenvalue weighted by Crippen LogP contribution is -2.65. The molecular formula is C24H25ClN4O3S. The van der Waals surface area contributed by atoms with Crippen LogP contribution in [-0.4, -0.2) is 40.3 Å². The predicted octanol–water partition coefficient (Wildman–Crippen LogP) is 4.75. The van der Waals surface area contributed by atoms with Gasteiger partial charge in [0.05, 0.1) is 23.6 Å². The van der Waals surface area contributed by atoms with E-state index in [2.05, 4.69) is 10.4 Å². The molecule has 1 aliphatic carbocycles. The molecule has 0 spiro atoms. The van der Waals surface area contributed by atoms with Gasteiger partial charge in [0.1, 0.15) is 22.7 Å². The molecule has 2 aliphatic rings. The summed E-state index contributed by atoms with van der Waals surface area (Å²) in [6, 6.07) is 11.0. The average molecular weight is 485 g/mol. The Balaban J connectivity index is 1.59. The molecular weight excluding hydrogens is 460 g/mol. The molecule has 2 aromatic heterocycles. The Hall–Kier alpha value is -2.84. The van der Waals surface area contributed by atoms with E-state index in [4.69, 9.17) is 16.3 Å². The molecule has 33 heavy (non-hydrogen) atoms. The zero-order valence-corrected chi connectivity index (χ0v) is 20.1. The van der Waals surface area contributed by atoms with Crippen molar-refractivity contribution in [2.75, 3.05) is 12.0 Å². The van der Waals surface area contributed by atoms with Gasteiger partial charge in [-0.3, -0.25) is 19.2 Å². The third kappa shape index (κ3) is 3.81. The molecule has 5 rings (SSSR count). The molecule has 9 heteroatoms. The highest BCUT2D eigenvalue weighted by atomic mass is 35.5. The fraction of sp³-hybridized carbons (Fsp3) is 0.375. The Morgan fingerprint density at radius 2 is 2.06 bits per heavy atom. The molecule has 0 radical (unpaired) electrons. The summed E-state index contributed by atoms with van der Waals surface area (Å²) in [5.41, 5.74) is 0.529. The lowest BCUT2D eigenvalue weighted by molar-refractivity contribution is -0.127. The van der Waals surface area contributed by atoms with Gasteiger partial charge in [0.2, 0.25) is 5.91 Å². The van der Waals surface area contributed by atoms with Gasteiger partial charge in [-0.1, -0.05) is 30.5 Å². The Morgan fingerprint density at radius 1 is 1.27 bits per heavy atom. The summed E-state index contributed by atoms with van der Waals surface area (Å²) in [7, 11) is 1.54. The fourth-order valence-electron chi connectivity index (χ4n) is 4.74. The number of methoxy groups -OCH3 is 1. The number of carbonyl (C=O) groups excluding carboxylic acids is 2. The second-order valence-corrected chi connectivity index (χ2v) is 10.1. The molecule has 172 valence electrons. The van der Waals surface area contributed by atoms with Crippen molar-refractivity contribution in [2.45, 2.75) is 50.7 Å². The van der Waals surface area contributed by atoms with Crippen molar-refractivity contribution < 1.29 is 14.3 Å². The third-order valence-corrected chi connectivity index (χ3v) is 7.69. The van der Waals surface area contributed by atoms with Crippen LogP contribution in [0.15, 0.2) is 41.8 Å². The molecule has 1 aliphatic heterocycles. The van der Waals surface area contributed by atoms with Crippen LogP contribution in [0.4, 0.5) is 5.69 Å². The summed E-state index contributed by atoms with van der Waals surface area (Å²) in [5.74, 6) is 0.0300. The lowest BCUT2D eigenvalue weighted by Gasteiger charge is -2.43. The molecule has 0 saturated heterocycles. The van der Waals surface area contributed by atoms with E-state index in [-0.39, 0.29) is 24.4 Å². The van der Waals surface area contributed by atoms with Crippen LogP contribution in [0.25, 0.3) is 10.6 Å². The number of thiophene rings is 1. The van der Waals surface area contributed by atoms with Crippen LogP contribution >= 0.6 is 22.9 Å². The minimum atomic E-state index is -1.18. The van der Waals surface area contributed by atoms with Crippen molar-refractivity contribution in [3.63, 3.8) is 0 Å². The number of rotatable bonds is 5. The minimum Gasteiger partial charge on any atom is -0.495 e. The maximum atomic E-state index is 13.8. The van der Waals surface area contributed by atoms with Crippen LogP contribution in [-0.2, 0) is 11.3 Å². The number of carbonyl (C=O) groups is 2. The topological polar surface area (TPSA) is 76.5 Å². The van der Waals surface area contributed by atoms with Gasteiger partial charge < -0.3 is 10.1 Å². The molecule has 7 nitrogen and oxygen atoms in total. The van der Waals surface area contributed by atoms with Crippen LogP contribution in [0.2, 0.25) is 5.02 Å². The van der Waals surface area contributed by atoms with Gasteiger partial charge in [-0.25, -0.2) is 0 Å². The van der Waals surface area contributed by atoms with Crippen LogP contribution in [0.3, 0.4) is 0 Å². The monoisotopic (exact) mass is 484 g/mol. The molecule has 1 N–H and O–H groups in total. The van der Waals surface area contributed by atoms with E-state index in [9.17, 15) is 9.59 Å². The van der Waals surface area contributed by atoms with Crippen molar-refractivity contribution in [1.82, 2.24) is 15.1 Å². The fourth-order valence-corrected chi connectivity index (χ4v) is 5.67. The van der Waals surface area contributed by atoms with Gasteiger partial charge in [0.15, 0.2) is 0 Å². The largest absolute Gasteiger partial charge is 0.495 e. The van der Waals surface area contributed by atoms with Crippen molar-refractivity contribution in [1.29, 1.82) is 0 Å². The van der Waals surface area contributed by atoms with Crippen molar-refractivity contribution in [3.8, 4) is 16.3 Å². The summed E-state index contributed by atoms with van der Waals surface area (Å²) in [6.07, 6.45) is 4.12. The Labute approximate surface area is 201 Å². The maximum Gasteiger partial charge on any atom is 0.277 e. The number of hydrogen-bond donors (Lipinski definition) is 1. The van der Waals surface area contributed by atoms with Crippen molar-refractivity contribution in [2.24, 2.45) is 0 Å². The molecule has 3 aromatic rings. The molecule has 1 aromatic carbocycles. The van der Waals surface area contributed by atoms with Crippen LogP contribution in [0.1, 0.15) is 43.1 Å². The second kappa shape index (κ2) is 8.50. The lowest BCUT2D eigenvalue weighted by atomic mass is 9.93. The number of anilines is 1. The van der Waals surface area contributed by atoms with Gasteiger partial charge >= 0.3 is 0 Å². The number of nitrogens with one attached hydrogen (secondary N) is 1. The highest BCUT2D eigenvalue weighted by molar-refractivity contribution is 7.13. The SMILES string of the molecule is COc1ccc(N2C(=O)c3cc(-c4cccs4)nn3CC2(C)C(=O)NC2CCCC2)cc1Cl. The molecule has 2 amide bonds. The number of fused-ring (bicyclic) bond motifs is 1. The molecule has 1 saturated carbocycles. The molecule has 1 atom stereocenters. The van der Waals surface area contributed by atoms with Gasteiger partial charge in [-0.05, 0) is 55.5 Å². The number of halogens is 1. The standard InChI is InChI=1S/C24H25ClN4O3S/c1-24(23(31)26-15-6-3-4-7-15)14-28-19(13-18(27-28)21-8-5-11-33-21)22(30)29(24)16-9-10-20(32-2)17(25)12-16/h5,8-13,15H,3-4,6-7,14H2,1-2H3,(H,26,31). The van der Waals surface area contributed by atoms with E-state index in [1.54, 1.807) is 52.1 Å². The molecule has 0 bridgehead atoms. The number of benzene rings is 1. The molecule has 3 heterocycles. The number of nitrogens with zero attached hydrogens (tertiary/aromatic N) is 3. The zero-order chi connectivity index (χ0) is 23.2. The Kier molecular flexibility index (Phi) is 5.66. The van der Waals surface area contributed by atoms with Crippen LogP contribution in [0.5, 0.6) is 5.75 Å². The predicted molar refractivity (Wildman–Crippen MR) is 129 cm³/mol. The van der Waals surface area contributed by atoms with E-state index >= 15 is 0 Å². The van der Waals surface area contributed by atoms with E-state index in [1.807, 2.05) is 17.5 Å². The van der Waals surface area contributed by atoms with Crippen molar-refractivity contribution >= 4 is 40.4 Å². The first-order valence-electron chi connectivity index (χ1n) is 11.0. The number of amides is 2. The summed E-state index contributed by atoms with van der Waals surface area (Å²) >= 11 is 7.96. The summed E-state index contributed by atoms with van der Waals surface area (Å²) in [5, 5.41) is 10.2. The van der Waals surface area contributed by atoms with Gasteiger partial charge in [0.25, 0.3) is 5.91 Å². The van der Waals surface area contributed by atoms with Gasteiger partial charge in [-0.15, -0.1) is 11.3 Å². The van der Waals surface area contributed by atoms with E-state index in [1.165, 1.54) is 7.11 Å². The van der Waals surface area contributed by atoms with Gasteiger partial charge in [0, 0.05) is 11.7 Å². The molecule has 1 fully saturated rings. The first kappa shape index (κ1) is 22.0. The number of ether oxygens (including phenoxy) is 1. The Bertz CT molecular complexity index is 1200. The smallest absolute Gasteiger partial charge is 0.277 e. The maximum absolute atomic E-state index is 13.8. The Morgan fingerprint density at radius 3 is 2.73 bits per heavy atom. The quantitative estimate of drug-likeness (QED) is 0.567. The molecule has 1 unspecified atom stereocenters. The van der Waals surface area contributed by atoms with Crippen molar-refractivity contribution in [3.05, 3.63) is 52.5 Å². The van der Waals surface area contributed by atoms with Crippen LogP contribution < -0.4 is 15.0 Å². The highest BCUT2D eigenvalue weighted by Crippen LogP contribution is 2.38. The first-order valence-corrected chi connectivity index (χ1v) is 12.3. The minimum absolute atomic E-state index is 0.131. The number of hydrogen-bond acceptors (Lipinski definition) is 5. The average Bonchev–Trinajstić information content (AvgIpc) is 3.55. The normalized spacial score (nSPS) is 20.7. The second-order valence-electron chi connectivity index (χ2n) is 8.74. The number of aromatic nitrogens is 2. The summed E-state index contributed by atoms with van der Waals surface area (Å²) < 4.78 is 6.94. The van der Waals surface area contributed by atoms with E-state index in [0.29, 0.717) is 22.2 Å².